The van der Waals surface area contributed by atoms with E-state index in [0.717, 1.165) is 6.07 Å². The Kier molecular flexibility index (Phi) is 6.76. The van der Waals surface area contributed by atoms with Crippen LogP contribution in [0.15, 0.2) is 36.7 Å². The maximum absolute atomic E-state index is 13.1. The predicted molar refractivity (Wildman–Crippen MR) is 103 cm³/mol. The number of hydrogen-bond acceptors (Lipinski definition) is 6. The first kappa shape index (κ1) is 21.8. The second-order valence-corrected chi connectivity index (χ2v) is 7.09. The van der Waals surface area contributed by atoms with Gasteiger partial charge in [0.25, 0.3) is 5.91 Å². The van der Waals surface area contributed by atoms with Gasteiger partial charge in [-0.15, -0.1) is 0 Å². The molecule has 1 aromatic carbocycles. The summed E-state index contributed by atoms with van der Waals surface area (Å²) < 4.78 is 44.2. The highest BCUT2D eigenvalue weighted by atomic mass is 35.5. The Hall–Kier alpha value is -2.88. The van der Waals surface area contributed by atoms with Crippen LogP contribution in [0.1, 0.15) is 18.4 Å². The van der Waals surface area contributed by atoms with Crippen molar-refractivity contribution in [2.24, 2.45) is 5.92 Å². The van der Waals surface area contributed by atoms with E-state index in [-0.39, 0.29) is 5.02 Å². The summed E-state index contributed by atoms with van der Waals surface area (Å²) in [5.41, 5.74) is -1.53. The lowest BCUT2D eigenvalue weighted by molar-refractivity contribution is -0.152. The van der Waals surface area contributed by atoms with Gasteiger partial charge in [0.1, 0.15) is 0 Å². The lowest BCUT2D eigenvalue weighted by atomic mass is 9.97. The molecule has 1 amide bonds. The maximum Gasteiger partial charge on any atom is 0.418 e. The highest BCUT2D eigenvalue weighted by molar-refractivity contribution is 6.30. The fraction of sp³-hybridized carbons (Fsp3) is 0.368. The molecule has 1 aliphatic rings. The predicted octanol–water partition coefficient (Wildman–Crippen LogP) is 3.55. The molecule has 0 atom stereocenters. The van der Waals surface area contributed by atoms with Crippen LogP contribution in [-0.4, -0.2) is 41.5 Å². The van der Waals surface area contributed by atoms with Crippen molar-refractivity contribution in [3.63, 3.8) is 0 Å². The zero-order valence-electron chi connectivity index (χ0n) is 15.7. The third kappa shape index (κ3) is 5.59. The van der Waals surface area contributed by atoms with Gasteiger partial charge in [0, 0.05) is 30.5 Å². The van der Waals surface area contributed by atoms with E-state index in [1.165, 1.54) is 6.07 Å². The highest BCUT2D eigenvalue weighted by Gasteiger charge is 2.34. The quantitative estimate of drug-likeness (QED) is 0.713. The van der Waals surface area contributed by atoms with Gasteiger partial charge in [-0.1, -0.05) is 11.6 Å². The van der Waals surface area contributed by atoms with Crippen molar-refractivity contribution >= 4 is 35.1 Å². The lowest BCUT2D eigenvalue weighted by Gasteiger charge is -2.30. The molecule has 30 heavy (non-hydrogen) atoms. The van der Waals surface area contributed by atoms with Crippen LogP contribution in [0.4, 0.5) is 24.8 Å². The summed E-state index contributed by atoms with van der Waals surface area (Å²) in [7, 11) is 0. The first-order valence-electron chi connectivity index (χ1n) is 9.09. The smallest absolute Gasteiger partial charge is 0.418 e. The van der Waals surface area contributed by atoms with Crippen LogP contribution in [0, 0.1) is 5.92 Å². The van der Waals surface area contributed by atoms with Gasteiger partial charge >= 0.3 is 12.1 Å². The Morgan fingerprint density at radius 2 is 1.87 bits per heavy atom. The van der Waals surface area contributed by atoms with Gasteiger partial charge in [-0.25, -0.2) is 9.97 Å². The Morgan fingerprint density at radius 1 is 1.20 bits per heavy atom. The highest BCUT2D eigenvalue weighted by Crippen LogP contribution is 2.36. The van der Waals surface area contributed by atoms with E-state index in [1.807, 2.05) is 4.90 Å². The first-order chi connectivity index (χ1) is 14.2. The van der Waals surface area contributed by atoms with E-state index < -0.39 is 41.8 Å². The zero-order chi connectivity index (χ0) is 21.7. The molecule has 0 spiro atoms. The van der Waals surface area contributed by atoms with Gasteiger partial charge in [0.2, 0.25) is 5.95 Å². The molecular weight excluding hydrogens is 425 g/mol. The minimum atomic E-state index is -4.69. The van der Waals surface area contributed by atoms with Crippen LogP contribution in [0.2, 0.25) is 5.02 Å². The molecule has 1 aliphatic heterocycles. The van der Waals surface area contributed by atoms with Crippen molar-refractivity contribution in [1.29, 1.82) is 0 Å². The average Bonchev–Trinajstić information content (AvgIpc) is 2.73. The van der Waals surface area contributed by atoms with Crippen LogP contribution in [0.5, 0.6) is 0 Å². The third-order valence-electron chi connectivity index (χ3n) is 4.57. The largest absolute Gasteiger partial charge is 0.455 e. The summed E-state index contributed by atoms with van der Waals surface area (Å²) >= 11 is 5.60. The van der Waals surface area contributed by atoms with Gasteiger partial charge in [-0.3, -0.25) is 9.59 Å². The summed E-state index contributed by atoms with van der Waals surface area (Å²) in [6, 6.07) is 4.70. The summed E-state index contributed by atoms with van der Waals surface area (Å²) in [6.07, 6.45) is -0.443. The molecule has 160 valence electrons. The number of anilines is 2. The molecule has 0 radical (unpaired) electrons. The number of nitrogens with one attached hydrogen (secondary N) is 1. The van der Waals surface area contributed by atoms with Crippen molar-refractivity contribution in [3.05, 3.63) is 47.2 Å². The fourth-order valence-electron chi connectivity index (χ4n) is 3.07. The number of carbonyl (C=O) groups excluding carboxylic acids is 2. The maximum atomic E-state index is 13.1. The van der Waals surface area contributed by atoms with Crippen molar-refractivity contribution in [2.75, 3.05) is 29.9 Å². The minimum absolute atomic E-state index is 0.112. The molecule has 1 aromatic heterocycles. The molecule has 1 saturated heterocycles. The number of benzene rings is 1. The number of aromatic nitrogens is 2. The summed E-state index contributed by atoms with van der Waals surface area (Å²) in [4.78, 5) is 34.5. The number of piperidine rings is 1. The van der Waals surface area contributed by atoms with Crippen molar-refractivity contribution in [2.45, 2.75) is 19.0 Å². The van der Waals surface area contributed by atoms with Gasteiger partial charge in [-0.2, -0.15) is 13.2 Å². The van der Waals surface area contributed by atoms with Crippen molar-refractivity contribution in [3.8, 4) is 0 Å². The van der Waals surface area contributed by atoms with Gasteiger partial charge in [0.15, 0.2) is 6.61 Å². The van der Waals surface area contributed by atoms with Crippen LogP contribution in [-0.2, 0) is 20.5 Å². The average molecular weight is 443 g/mol. The molecule has 0 aliphatic carbocycles. The molecule has 0 unspecified atom stereocenters. The number of ether oxygens (including phenoxy) is 1. The van der Waals surface area contributed by atoms with E-state index in [4.69, 9.17) is 16.3 Å². The van der Waals surface area contributed by atoms with Gasteiger partial charge in [-0.05, 0) is 37.1 Å². The van der Waals surface area contributed by atoms with Gasteiger partial charge in [0.05, 0.1) is 17.2 Å². The van der Waals surface area contributed by atoms with Crippen LogP contribution in [0.25, 0.3) is 0 Å². The van der Waals surface area contributed by atoms with Crippen molar-refractivity contribution in [1.82, 2.24) is 9.97 Å². The minimum Gasteiger partial charge on any atom is -0.455 e. The van der Waals surface area contributed by atoms with Crippen molar-refractivity contribution < 1.29 is 27.5 Å². The molecule has 2 heterocycles. The molecule has 1 N–H and O–H groups in total. The number of alkyl halides is 3. The number of nitrogens with zero attached hydrogens (tertiary/aromatic N) is 3. The normalized spacial score (nSPS) is 15.0. The number of rotatable bonds is 5. The van der Waals surface area contributed by atoms with Crippen LogP contribution < -0.4 is 10.2 Å². The number of amides is 1. The van der Waals surface area contributed by atoms with E-state index in [9.17, 15) is 22.8 Å². The Bertz CT molecular complexity index is 904. The lowest BCUT2D eigenvalue weighted by Crippen LogP contribution is -2.38. The molecule has 7 nitrogen and oxygen atoms in total. The van der Waals surface area contributed by atoms with E-state index in [1.54, 1.807) is 18.5 Å². The van der Waals surface area contributed by atoms with Crippen LogP contribution in [0.3, 0.4) is 0 Å². The van der Waals surface area contributed by atoms with E-state index >= 15 is 0 Å². The Balaban J connectivity index is 1.49. The zero-order valence-corrected chi connectivity index (χ0v) is 16.4. The van der Waals surface area contributed by atoms with E-state index in [0.29, 0.717) is 37.9 Å². The summed E-state index contributed by atoms with van der Waals surface area (Å²) in [6.45, 7) is 0.423. The SMILES string of the molecule is O=C(COC(=O)C1CCN(c2ncccn2)CC1)Nc1ccc(Cl)cc1C(F)(F)F. The molecule has 1 fully saturated rings. The number of carbonyl (C=O) groups is 2. The Morgan fingerprint density at radius 3 is 2.50 bits per heavy atom. The molecule has 0 bridgehead atoms. The molecule has 2 aromatic rings. The van der Waals surface area contributed by atoms with Gasteiger partial charge < -0.3 is 15.0 Å². The monoisotopic (exact) mass is 442 g/mol. The topological polar surface area (TPSA) is 84.4 Å². The molecule has 3 rings (SSSR count). The fourth-order valence-corrected chi connectivity index (χ4v) is 3.24. The standard InChI is InChI=1S/C19H18ClF3N4O3/c20-13-2-3-15(14(10-13)19(21,22)23)26-16(28)11-30-17(29)12-4-8-27(9-5-12)18-24-6-1-7-25-18/h1-3,6-7,10,12H,4-5,8-9,11H2,(H,26,28). The summed E-state index contributed by atoms with van der Waals surface area (Å²) in [5, 5.41) is 2.00. The summed E-state index contributed by atoms with van der Waals surface area (Å²) in [5.74, 6) is -1.26. The number of halogens is 4. The molecular formula is C19H18ClF3N4O3. The molecule has 11 heteroatoms. The van der Waals surface area contributed by atoms with Crippen LogP contribution >= 0.6 is 11.6 Å². The van der Waals surface area contributed by atoms with E-state index in [2.05, 4.69) is 15.3 Å². The second-order valence-electron chi connectivity index (χ2n) is 6.65. The number of esters is 1. The Labute approximate surface area is 175 Å². The number of hydrogen-bond donors (Lipinski definition) is 1. The molecule has 0 saturated carbocycles. The third-order valence-corrected chi connectivity index (χ3v) is 4.80. The second kappa shape index (κ2) is 9.29. The first-order valence-corrected chi connectivity index (χ1v) is 9.47.